The first-order valence-corrected chi connectivity index (χ1v) is 8.25. The SMILES string of the molecule is O=C(Nc1ccccc1)Nc1ccccc1C(=O)N1CCCCC1. The number of carbonyl (C=O) groups is 2. The number of nitrogens with zero attached hydrogens (tertiary/aromatic N) is 1. The van der Waals surface area contributed by atoms with Crippen LogP contribution in [0, 0.1) is 0 Å². The minimum absolute atomic E-state index is 0.0229. The molecule has 0 spiro atoms. The van der Waals surface area contributed by atoms with Crippen LogP contribution in [0.2, 0.25) is 0 Å². The zero-order chi connectivity index (χ0) is 16.8. The molecule has 3 rings (SSSR count). The number of carbonyl (C=O) groups excluding carboxylic acids is 2. The maximum atomic E-state index is 12.7. The number of rotatable bonds is 3. The maximum Gasteiger partial charge on any atom is 0.323 e. The van der Waals surface area contributed by atoms with Crippen LogP contribution in [0.5, 0.6) is 0 Å². The van der Waals surface area contributed by atoms with E-state index >= 15 is 0 Å². The summed E-state index contributed by atoms with van der Waals surface area (Å²) < 4.78 is 0. The molecule has 0 aromatic heterocycles. The summed E-state index contributed by atoms with van der Waals surface area (Å²) in [5.41, 5.74) is 1.76. The number of urea groups is 1. The first-order chi connectivity index (χ1) is 11.7. The normalized spacial score (nSPS) is 14.1. The minimum Gasteiger partial charge on any atom is -0.339 e. The van der Waals surface area contributed by atoms with Crippen molar-refractivity contribution in [3.63, 3.8) is 0 Å². The van der Waals surface area contributed by atoms with Gasteiger partial charge in [0.25, 0.3) is 5.91 Å². The van der Waals surface area contributed by atoms with Crippen LogP contribution in [0.25, 0.3) is 0 Å². The van der Waals surface area contributed by atoms with E-state index in [0.29, 0.717) is 16.9 Å². The number of piperidine rings is 1. The second-order valence-corrected chi connectivity index (χ2v) is 5.84. The topological polar surface area (TPSA) is 61.4 Å². The number of hydrogen-bond donors (Lipinski definition) is 2. The molecule has 0 atom stereocenters. The van der Waals surface area contributed by atoms with E-state index in [4.69, 9.17) is 0 Å². The molecule has 5 heteroatoms. The average molecular weight is 323 g/mol. The molecule has 2 aromatic carbocycles. The lowest BCUT2D eigenvalue weighted by Gasteiger charge is -2.27. The monoisotopic (exact) mass is 323 g/mol. The summed E-state index contributed by atoms with van der Waals surface area (Å²) in [6, 6.07) is 16.0. The highest BCUT2D eigenvalue weighted by Crippen LogP contribution is 2.20. The van der Waals surface area contributed by atoms with Gasteiger partial charge in [0.15, 0.2) is 0 Å². The Balaban J connectivity index is 1.71. The van der Waals surface area contributed by atoms with Crippen LogP contribution in [0.15, 0.2) is 54.6 Å². The lowest BCUT2D eigenvalue weighted by molar-refractivity contribution is 0.0725. The smallest absolute Gasteiger partial charge is 0.323 e. The van der Waals surface area contributed by atoms with Gasteiger partial charge in [0, 0.05) is 18.8 Å². The number of benzene rings is 2. The van der Waals surface area contributed by atoms with Gasteiger partial charge in [-0.3, -0.25) is 4.79 Å². The zero-order valence-corrected chi connectivity index (χ0v) is 13.5. The van der Waals surface area contributed by atoms with Crippen LogP contribution in [0.4, 0.5) is 16.2 Å². The number of likely N-dealkylation sites (tertiary alicyclic amines) is 1. The number of nitrogens with one attached hydrogen (secondary N) is 2. The van der Waals surface area contributed by atoms with Crippen molar-refractivity contribution in [3.8, 4) is 0 Å². The summed E-state index contributed by atoms with van der Waals surface area (Å²) in [5, 5.41) is 5.54. The van der Waals surface area contributed by atoms with E-state index in [1.54, 1.807) is 12.1 Å². The Kier molecular flexibility index (Phi) is 5.11. The summed E-state index contributed by atoms with van der Waals surface area (Å²) >= 11 is 0. The highest BCUT2D eigenvalue weighted by Gasteiger charge is 2.21. The molecule has 1 heterocycles. The summed E-state index contributed by atoms with van der Waals surface area (Å²) in [6.07, 6.45) is 3.24. The minimum atomic E-state index is -0.361. The van der Waals surface area contributed by atoms with Crippen molar-refractivity contribution in [2.24, 2.45) is 0 Å². The van der Waals surface area contributed by atoms with Gasteiger partial charge in [-0.2, -0.15) is 0 Å². The molecule has 0 unspecified atom stereocenters. The van der Waals surface area contributed by atoms with Crippen molar-refractivity contribution >= 4 is 23.3 Å². The molecule has 0 saturated carbocycles. The fourth-order valence-corrected chi connectivity index (χ4v) is 2.85. The average Bonchev–Trinajstić information content (AvgIpc) is 2.63. The van der Waals surface area contributed by atoms with Gasteiger partial charge in [-0.25, -0.2) is 4.79 Å². The Hall–Kier alpha value is -2.82. The van der Waals surface area contributed by atoms with Crippen molar-refractivity contribution in [3.05, 3.63) is 60.2 Å². The van der Waals surface area contributed by atoms with Crippen LogP contribution < -0.4 is 10.6 Å². The highest BCUT2D eigenvalue weighted by atomic mass is 16.2. The maximum absolute atomic E-state index is 12.7. The first kappa shape index (κ1) is 16.1. The van der Waals surface area contributed by atoms with Gasteiger partial charge < -0.3 is 15.5 Å². The largest absolute Gasteiger partial charge is 0.339 e. The van der Waals surface area contributed by atoms with Crippen molar-refractivity contribution < 1.29 is 9.59 Å². The number of amides is 3. The van der Waals surface area contributed by atoms with Crippen LogP contribution in [0.3, 0.4) is 0 Å². The molecule has 5 nitrogen and oxygen atoms in total. The van der Waals surface area contributed by atoms with E-state index in [-0.39, 0.29) is 11.9 Å². The van der Waals surface area contributed by atoms with Gasteiger partial charge in [0.1, 0.15) is 0 Å². The Morgan fingerprint density at radius 3 is 2.21 bits per heavy atom. The second kappa shape index (κ2) is 7.64. The first-order valence-electron chi connectivity index (χ1n) is 8.25. The highest BCUT2D eigenvalue weighted by molar-refractivity contribution is 6.06. The molecule has 24 heavy (non-hydrogen) atoms. The number of hydrogen-bond acceptors (Lipinski definition) is 2. The fraction of sp³-hybridized carbons (Fsp3) is 0.263. The van der Waals surface area contributed by atoms with E-state index in [2.05, 4.69) is 10.6 Å². The van der Waals surface area contributed by atoms with Crippen LogP contribution in [-0.4, -0.2) is 29.9 Å². The van der Waals surface area contributed by atoms with Crippen molar-refractivity contribution in [2.45, 2.75) is 19.3 Å². The molecule has 1 aliphatic rings. The molecule has 124 valence electrons. The van der Waals surface area contributed by atoms with E-state index in [1.165, 1.54) is 6.42 Å². The second-order valence-electron chi connectivity index (χ2n) is 5.84. The van der Waals surface area contributed by atoms with E-state index in [1.807, 2.05) is 47.4 Å². The molecule has 1 fully saturated rings. The Morgan fingerprint density at radius 2 is 1.46 bits per heavy atom. The molecule has 1 aliphatic heterocycles. The fourth-order valence-electron chi connectivity index (χ4n) is 2.85. The Labute approximate surface area is 141 Å². The van der Waals surface area contributed by atoms with Crippen molar-refractivity contribution in [2.75, 3.05) is 23.7 Å². The summed E-state index contributed by atoms with van der Waals surface area (Å²) in [4.78, 5) is 26.8. The predicted molar refractivity (Wildman–Crippen MR) is 95.3 cm³/mol. The molecule has 3 amide bonds. The summed E-state index contributed by atoms with van der Waals surface area (Å²) in [5.74, 6) is -0.0229. The third-order valence-electron chi connectivity index (χ3n) is 4.08. The predicted octanol–water partition coefficient (Wildman–Crippen LogP) is 3.96. The third-order valence-corrected chi connectivity index (χ3v) is 4.08. The molecule has 0 bridgehead atoms. The Bertz CT molecular complexity index is 710. The quantitative estimate of drug-likeness (QED) is 0.898. The molecular weight excluding hydrogens is 302 g/mol. The third kappa shape index (κ3) is 3.93. The van der Waals surface area contributed by atoms with Crippen LogP contribution in [0.1, 0.15) is 29.6 Å². The lowest BCUT2D eigenvalue weighted by Crippen LogP contribution is -2.36. The van der Waals surface area contributed by atoms with Gasteiger partial charge >= 0.3 is 6.03 Å². The molecule has 2 aromatic rings. The van der Waals surface area contributed by atoms with E-state index < -0.39 is 0 Å². The number of anilines is 2. The molecule has 1 saturated heterocycles. The lowest BCUT2D eigenvalue weighted by atomic mass is 10.1. The number of para-hydroxylation sites is 2. The Morgan fingerprint density at radius 1 is 0.792 bits per heavy atom. The van der Waals surface area contributed by atoms with E-state index in [9.17, 15) is 9.59 Å². The standard InChI is InChI=1S/C19H21N3O2/c23-18(22-13-7-2-8-14-22)16-11-5-6-12-17(16)21-19(24)20-15-9-3-1-4-10-15/h1,3-6,9-12H,2,7-8,13-14H2,(H2,20,21,24). The van der Waals surface area contributed by atoms with Crippen molar-refractivity contribution in [1.29, 1.82) is 0 Å². The molecule has 2 N–H and O–H groups in total. The van der Waals surface area contributed by atoms with Crippen molar-refractivity contribution in [1.82, 2.24) is 4.90 Å². The van der Waals surface area contributed by atoms with Gasteiger partial charge in [0.05, 0.1) is 11.3 Å². The zero-order valence-electron chi connectivity index (χ0n) is 13.5. The van der Waals surface area contributed by atoms with E-state index in [0.717, 1.165) is 25.9 Å². The van der Waals surface area contributed by atoms with Gasteiger partial charge in [-0.1, -0.05) is 30.3 Å². The molecule has 0 aliphatic carbocycles. The van der Waals surface area contributed by atoms with Gasteiger partial charge in [-0.15, -0.1) is 0 Å². The van der Waals surface area contributed by atoms with Gasteiger partial charge in [0.2, 0.25) is 0 Å². The van der Waals surface area contributed by atoms with Gasteiger partial charge in [-0.05, 0) is 43.5 Å². The van der Waals surface area contributed by atoms with Crippen LogP contribution in [-0.2, 0) is 0 Å². The summed E-state index contributed by atoms with van der Waals surface area (Å²) in [7, 11) is 0. The molecular formula is C19H21N3O2. The summed E-state index contributed by atoms with van der Waals surface area (Å²) in [6.45, 7) is 1.56. The van der Waals surface area contributed by atoms with Crippen LogP contribution >= 0.6 is 0 Å². The molecule has 0 radical (unpaired) electrons.